The smallest absolute Gasteiger partial charge is 0.236 e. The fourth-order valence-corrected chi connectivity index (χ4v) is 1.82. The highest BCUT2D eigenvalue weighted by molar-refractivity contribution is 5.78. The zero-order chi connectivity index (χ0) is 13.5. The first-order valence-corrected chi connectivity index (χ1v) is 6.56. The Morgan fingerprint density at radius 1 is 1.58 bits per heavy atom. The lowest BCUT2D eigenvalue weighted by Crippen LogP contribution is -2.39. The van der Waals surface area contributed by atoms with E-state index in [0.717, 1.165) is 18.4 Å². The standard InChI is InChI=1S/C14H18N4O/c15-6-2-8-18(11-12-3-1-7-16-9-12)14(19)10-17-13-4-5-13/h1,3,7,9,13,17H,2,4-5,8,10-11H2. The van der Waals surface area contributed by atoms with Crippen molar-refractivity contribution < 1.29 is 4.79 Å². The van der Waals surface area contributed by atoms with E-state index < -0.39 is 0 Å². The molecule has 1 aliphatic carbocycles. The van der Waals surface area contributed by atoms with E-state index in [9.17, 15) is 4.79 Å². The van der Waals surface area contributed by atoms with Crippen LogP contribution in [0.15, 0.2) is 24.5 Å². The first-order valence-electron chi connectivity index (χ1n) is 6.56. The van der Waals surface area contributed by atoms with Crippen LogP contribution in [0.25, 0.3) is 0 Å². The minimum atomic E-state index is 0.0472. The predicted octanol–water partition coefficient (Wildman–Crippen LogP) is 1.08. The van der Waals surface area contributed by atoms with Crippen LogP contribution in [0.4, 0.5) is 0 Å². The molecule has 5 heteroatoms. The lowest BCUT2D eigenvalue weighted by Gasteiger charge is -2.21. The molecule has 1 N–H and O–H groups in total. The Kier molecular flexibility index (Phi) is 4.87. The zero-order valence-electron chi connectivity index (χ0n) is 10.9. The van der Waals surface area contributed by atoms with Crippen LogP contribution in [0.3, 0.4) is 0 Å². The summed E-state index contributed by atoms with van der Waals surface area (Å²) in [6, 6.07) is 6.39. The van der Waals surface area contributed by atoms with Gasteiger partial charge in [-0.1, -0.05) is 6.07 Å². The van der Waals surface area contributed by atoms with Crippen molar-refractivity contribution in [1.82, 2.24) is 15.2 Å². The van der Waals surface area contributed by atoms with Crippen molar-refractivity contribution in [2.45, 2.75) is 31.8 Å². The van der Waals surface area contributed by atoms with Crippen molar-refractivity contribution in [1.29, 1.82) is 5.26 Å². The van der Waals surface area contributed by atoms with Gasteiger partial charge in [0.25, 0.3) is 0 Å². The number of hydrogen-bond donors (Lipinski definition) is 1. The van der Waals surface area contributed by atoms with E-state index in [2.05, 4.69) is 16.4 Å². The Balaban J connectivity index is 1.89. The lowest BCUT2D eigenvalue weighted by atomic mass is 10.2. The molecule has 1 aliphatic rings. The molecule has 0 saturated heterocycles. The Bertz CT molecular complexity index is 450. The Morgan fingerprint density at radius 3 is 3.05 bits per heavy atom. The number of carbonyl (C=O) groups excluding carboxylic acids is 1. The lowest BCUT2D eigenvalue weighted by molar-refractivity contribution is -0.130. The Morgan fingerprint density at radius 2 is 2.42 bits per heavy atom. The molecule has 1 amide bonds. The van der Waals surface area contributed by atoms with Crippen LogP contribution in [0, 0.1) is 11.3 Å². The molecular weight excluding hydrogens is 240 g/mol. The molecule has 1 heterocycles. The molecule has 1 saturated carbocycles. The van der Waals surface area contributed by atoms with Crippen LogP contribution in [-0.4, -0.2) is 34.9 Å². The van der Waals surface area contributed by atoms with E-state index in [1.54, 1.807) is 17.3 Å². The summed E-state index contributed by atoms with van der Waals surface area (Å²) < 4.78 is 0. The highest BCUT2D eigenvalue weighted by Crippen LogP contribution is 2.18. The van der Waals surface area contributed by atoms with Crippen molar-refractivity contribution in [3.05, 3.63) is 30.1 Å². The minimum absolute atomic E-state index is 0.0472. The van der Waals surface area contributed by atoms with Gasteiger partial charge in [-0.15, -0.1) is 0 Å². The monoisotopic (exact) mass is 258 g/mol. The Hall–Kier alpha value is -1.93. The van der Waals surface area contributed by atoms with Gasteiger partial charge in [-0.25, -0.2) is 0 Å². The van der Waals surface area contributed by atoms with Gasteiger partial charge in [0.1, 0.15) is 0 Å². The van der Waals surface area contributed by atoms with Gasteiger partial charge in [-0.2, -0.15) is 5.26 Å². The summed E-state index contributed by atoms with van der Waals surface area (Å²) in [4.78, 5) is 17.9. The number of nitriles is 1. The molecular formula is C14H18N4O. The molecule has 1 fully saturated rings. The number of pyridine rings is 1. The summed E-state index contributed by atoms with van der Waals surface area (Å²) in [6.45, 7) is 1.34. The molecule has 100 valence electrons. The van der Waals surface area contributed by atoms with Gasteiger partial charge in [0.05, 0.1) is 19.0 Å². The maximum atomic E-state index is 12.1. The van der Waals surface area contributed by atoms with Crippen molar-refractivity contribution in [3.8, 4) is 6.07 Å². The maximum absolute atomic E-state index is 12.1. The maximum Gasteiger partial charge on any atom is 0.236 e. The van der Waals surface area contributed by atoms with Crippen LogP contribution in [0.2, 0.25) is 0 Å². The molecule has 0 unspecified atom stereocenters. The highest BCUT2D eigenvalue weighted by atomic mass is 16.2. The van der Waals surface area contributed by atoms with Gasteiger partial charge in [0.15, 0.2) is 0 Å². The number of nitrogens with one attached hydrogen (secondary N) is 1. The number of rotatable bonds is 7. The average Bonchev–Trinajstić information content (AvgIpc) is 3.26. The van der Waals surface area contributed by atoms with Crippen LogP contribution < -0.4 is 5.32 Å². The van der Waals surface area contributed by atoms with Crippen molar-refractivity contribution in [3.63, 3.8) is 0 Å². The summed E-state index contributed by atoms with van der Waals surface area (Å²) in [5.41, 5.74) is 0.986. The minimum Gasteiger partial charge on any atom is -0.336 e. The number of carbonyl (C=O) groups is 1. The molecule has 0 spiro atoms. The number of nitrogens with zero attached hydrogens (tertiary/aromatic N) is 3. The average molecular weight is 258 g/mol. The summed E-state index contributed by atoms with van der Waals surface area (Å²) in [6.07, 6.45) is 6.14. The third-order valence-corrected chi connectivity index (χ3v) is 3.06. The molecule has 0 atom stereocenters. The Labute approximate surface area is 113 Å². The van der Waals surface area contributed by atoms with Crippen molar-refractivity contribution in [2.75, 3.05) is 13.1 Å². The van der Waals surface area contributed by atoms with Crippen LogP contribution >= 0.6 is 0 Å². The topological polar surface area (TPSA) is 69.0 Å². The summed E-state index contributed by atoms with van der Waals surface area (Å²) >= 11 is 0. The number of aromatic nitrogens is 1. The van der Waals surface area contributed by atoms with Crippen LogP contribution in [0.1, 0.15) is 24.8 Å². The molecule has 0 bridgehead atoms. The quantitative estimate of drug-likeness (QED) is 0.794. The molecule has 2 rings (SSSR count). The van der Waals surface area contributed by atoms with Crippen molar-refractivity contribution >= 4 is 5.91 Å². The highest BCUT2D eigenvalue weighted by Gasteiger charge is 2.22. The summed E-state index contributed by atoms with van der Waals surface area (Å²) in [5.74, 6) is 0.0472. The second kappa shape index (κ2) is 6.86. The van der Waals surface area contributed by atoms with E-state index >= 15 is 0 Å². The van der Waals surface area contributed by atoms with Crippen LogP contribution in [-0.2, 0) is 11.3 Å². The summed E-state index contributed by atoms with van der Waals surface area (Å²) in [7, 11) is 0. The molecule has 1 aromatic heterocycles. The van der Waals surface area contributed by atoms with E-state index in [1.807, 2.05) is 12.1 Å². The van der Waals surface area contributed by atoms with Gasteiger partial charge in [-0.05, 0) is 24.5 Å². The molecule has 0 aromatic carbocycles. The number of amides is 1. The van der Waals surface area contributed by atoms with Gasteiger partial charge >= 0.3 is 0 Å². The first-order chi connectivity index (χ1) is 9.29. The summed E-state index contributed by atoms with van der Waals surface area (Å²) in [5, 5.41) is 11.9. The second-order valence-electron chi connectivity index (χ2n) is 4.74. The fraction of sp³-hybridized carbons (Fsp3) is 0.500. The van der Waals surface area contributed by atoms with E-state index in [4.69, 9.17) is 5.26 Å². The second-order valence-corrected chi connectivity index (χ2v) is 4.74. The van der Waals surface area contributed by atoms with Crippen LogP contribution in [0.5, 0.6) is 0 Å². The van der Waals surface area contributed by atoms with Crippen molar-refractivity contribution in [2.24, 2.45) is 0 Å². The SMILES string of the molecule is N#CCCN(Cc1cccnc1)C(=O)CNC1CC1. The third-order valence-electron chi connectivity index (χ3n) is 3.06. The van der Waals surface area contributed by atoms with E-state index in [1.165, 1.54) is 0 Å². The third kappa shape index (κ3) is 4.68. The largest absolute Gasteiger partial charge is 0.336 e. The first kappa shape index (κ1) is 13.5. The fourth-order valence-electron chi connectivity index (χ4n) is 1.82. The molecule has 19 heavy (non-hydrogen) atoms. The normalized spacial score (nSPS) is 13.8. The molecule has 0 radical (unpaired) electrons. The van der Waals surface area contributed by atoms with Gasteiger partial charge in [0, 0.05) is 31.5 Å². The predicted molar refractivity (Wildman–Crippen MR) is 70.9 cm³/mol. The number of hydrogen-bond acceptors (Lipinski definition) is 4. The van der Waals surface area contributed by atoms with E-state index in [0.29, 0.717) is 32.1 Å². The van der Waals surface area contributed by atoms with Gasteiger partial charge < -0.3 is 10.2 Å². The van der Waals surface area contributed by atoms with E-state index in [-0.39, 0.29) is 5.91 Å². The zero-order valence-corrected chi connectivity index (χ0v) is 10.9. The molecule has 0 aliphatic heterocycles. The van der Waals surface area contributed by atoms with Gasteiger partial charge in [0.2, 0.25) is 5.91 Å². The van der Waals surface area contributed by atoms with Gasteiger partial charge in [-0.3, -0.25) is 9.78 Å². The molecule has 1 aromatic rings. The molecule has 5 nitrogen and oxygen atoms in total.